The van der Waals surface area contributed by atoms with Gasteiger partial charge in [0.25, 0.3) is 6.43 Å². The van der Waals surface area contributed by atoms with Crippen LogP contribution in [0.25, 0.3) is 5.57 Å². The molecule has 2 aliphatic heterocycles. The second kappa shape index (κ2) is 16.2. The van der Waals surface area contributed by atoms with Crippen molar-refractivity contribution >= 4 is 24.3 Å². The number of piperidine rings is 1. The Morgan fingerprint density at radius 1 is 1.32 bits per heavy atom. The fraction of sp³-hybridized carbons (Fsp3) is 0.556. The summed E-state index contributed by atoms with van der Waals surface area (Å²) in [5.74, 6) is 0. The minimum atomic E-state index is -2.66. The van der Waals surface area contributed by atoms with Crippen LogP contribution in [0, 0.1) is 0 Å². The van der Waals surface area contributed by atoms with Crippen LogP contribution in [0.4, 0.5) is 14.5 Å². The number of carbonyl (C=O) groups is 1. The molecule has 0 spiro atoms. The summed E-state index contributed by atoms with van der Waals surface area (Å²) in [7, 11) is 3.51. The van der Waals surface area contributed by atoms with Crippen LogP contribution in [0.15, 0.2) is 34.6 Å². The highest BCUT2D eigenvalue weighted by molar-refractivity contribution is 6.10. The lowest BCUT2D eigenvalue weighted by molar-refractivity contribution is -0.0980. The van der Waals surface area contributed by atoms with Crippen LogP contribution in [-0.2, 0) is 11.2 Å². The van der Waals surface area contributed by atoms with Crippen LogP contribution in [0.5, 0.6) is 0 Å². The lowest BCUT2D eigenvalue weighted by atomic mass is 9.91. The third-order valence-electron chi connectivity index (χ3n) is 7.04. The normalized spacial score (nSPS) is 18.1. The van der Waals surface area contributed by atoms with Gasteiger partial charge in [0.2, 0.25) is 0 Å². The molecule has 11 heteroatoms. The van der Waals surface area contributed by atoms with Crippen LogP contribution in [0.2, 0.25) is 0 Å². The monoisotopic (exact) mass is 534 g/mol. The summed E-state index contributed by atoms with van der Waals surface area (Å²) in [5.41, 5.74) is 23.4. The molecule has 212 valence electrons. The zero-order chi connectivity index (χ0) is 28.1. The van der Waals surface area contributed by atoms with Gasteiger partial charge in [0, 0.05) is 67.7 Å². The number of hydrogen-bond donors (Lipinski definition) is 6. The fourth-order valence-corrected chi connectivity index (χ4v) is 5.14. The first-order valence-electron chi connectivity index (χ1n) is 13.1. The number of rotatable bonds is 11. The largest absolute Gasteiger partial charge is 0.404 e. The van der Waals surface area contributed by atoms with E-state index in [4.69, 9.17) is 22.0 Å². The number of fused-ring (bicyclic) bond motifs is 1. The quantitative estimate of drug-likeness (QED) is 0.235. The molecule has 1 atom stereocenters. The number of anilines is 1. The topological polar surface area (TPSA) is 147 Å². The Hall–Kier alpha value is -2.86. The third kappa shape index (κ3) is 7.83. The van der Waals surface area contributed by atoms with Crippen LogP contribution in [-0.4, -0.2) is 72.0 Å². The minimum absolute atomic E-state index is 0.0778. The summed E-state index contributed by atoms with van der Waals surface area (Å²) in [6, 6.07) is 3.75. The van der Waals surface area contributed by atoms with Crippen molar-refractivity contribution in [2.24, 2.45) is 22.2 Å². The van der Waals surface area contributed by atoms with Gasteiger partial charge < -0.3 is 42.8 Å². The first-order chi connectivity index (χ1) is 18.4. The van der Waals surface area contributed by atoms with Crippen molar-refractivity contribution in [3.63, 3.8) is 0 Å². The molecule has 38 heavy (non-hydrogen) atoms. The first-order valence-corrected chi connectivity index (χ1v) is 13.1. The smallest absolute Gasteiger partial charge is 0.264 e. The van der Waals surface area contributed by atoms with E-state index in [9.17, 15) is 8.78 Å². The Bertz CT molecular complexity index is 976. The van der Waals surface area contributed by atoms with Gasteiger partial charge in [0.05, 0.1) is 0 Å². The van der Waals surface area contributed by atoms with E-state index in [0.29, 0.717) is 23.7 Å². The van der Waals surface area contributed by atoms with Crippen LogP contribution < -0.4 is 38.1 Å². The van der Waals surface area contributed by atoms with Crippen LogP contribution in [0.3, 0.4) is 0 Å². The van der Waals surface area contributed by atoms with Crippen LogP contribution in [0.1, 0.15) is 48.8 Å². The molecule has 3 rings (SSSR count). The average molecular weight is 535 g/mol. The molecule has 0 aliphatic carbocycles. The van der Waals surface area contributed by atoms with E-state index in [-0.39, 0.29) is 12.1 Å². The molecule has 0 aromatic heterocycles. The van der Waals surface area contributed by atoms with Crippen molar-refractivity contribution in [2.45, 2.75) is 50.7 Å². The van der Waals surface area contributed by atoms with Crippen molar-refractivity contribution in [3.8, 4) is 0 Å². The Labute approximate surface area is 225 Å². The van der Waals surface area contributed by atoms with Gasteiger partial charge in [-0.15, -0.1) is 0 Å². The van der Waals surface area contributed by atoms with Gasteiger partial charge in [-0.1, -0.05) is 0 Å². The maximum Gasteiger partial charge on any atom is 0.264 e. The molecule has 9 nitrogen and oxygen atoms in total. The highest BCUT2D eigenvalue weighted by Crippen LogP contribution is 2.38. The van der Waals surface area contributed by atoms with Crippen LogP contribution >= 0.6 is 0 Å². The van der Waals surface area contributed by atoms with Crippen molar-refractivity contribution in [1.29, 1.82) is 0 Å². The van der Waals surface area contributed by atoms with Gasteiger partial charge in [0.15, 0.2) is 0 Å². The summed E-state index contributed by atoms with van der Waals surface area (Å²) >= 11 is 0. The number of benzene rings is 1. The molecule has 0 amide bonds. The van der Waals surface area contributed by atoms with E-state index in [1.54, 1.807) is 13.1 Å². The van der Waals surface area contributed by atoms with E-state index >= 15 is 0 Å². The number of aliphatic imine (C=N–C) groups is 1. The number of aryl methyl sites for hydroxylation is 1. The van der Waals surface area contributed by atoms with Gasteiger partial charge in [0.1, 0.15) is 13.0 Å². The van der Waals surface area contributed by atoms with E-state index in [1.165, 1.54) is 12.4 Å². The molecule has 0 saturated carbocycles. The third-order valence-corrected chi connectivity index (χ3v) is 7.04. The molecule has 2 aliphatic rings. The standard InChI is InChI=1S/C26H42F2N8.CH2O/c1-32-8-7-23(35-19-5-9-34-10-6-19)22(15-30)26(31)36-11-3-4-17-12-20(18(14-29)16-33-2)21(25(27)28)13-24(17)36;1-2/h12-14,16,19,25-26,32,34-35H,3-11,15,29-31H2,1-2H3;1H2/b18-14+,23-22-,33-16?;. The summed E-state index contributed by atoms with van der Waals surface area (Å²) < 4.78 is 28.4. The van der Waals surface area contributed by atoms with E-state index in [0.717, 1.165) is 74.3 Å². The molecule has 0 bridgehead atoms. The number of nitrogens with one attached hydrogen (secondary N) is 3. The minimum Gasteiger partial charge on any atom is -0.404 e. The highest BCUT2D eigenvalue weighted by Gasteiger charge is 2.29. The number of alkyl halides is 2. The predicted molar refractivity (Wildman–Crippen MR) is 152 cm³/mol. The first kappa shape index (κ1) is 31.4. The number of nitrogens with zero attached hydrogens (tertiary/aromatic N) is 2. The van der Waals surface area contributed by atoms with E-state index in [2.05, 4.69) is 20.9 Å². The van der Waals surface area contributed by atoms with E-state index in [1.807, 2.05) is 24.8 Å². The second-order valence-electron chi connectivity index (χ2n) is 9.35. The fourth-order valence-electron chi connectivity index (χ4n) is 5.14. The molecule has 0 radical (unpaired) electrons. The summed E-state index contributed by atoms with van der Waals surface area (Å²) in [6.45, 7) is 5.69. The van der Waals surface area contributed by atoms with Crippen molar-refractivity contribution < 1.29 is 13.6 Å². The maximum atomic E-state index is 14.2. The summed E-state index contributed by atoms with van der Waals surface area (Å²) in [6.07, 6.45) is 4.11. The number of carbonyl (C=O) groups excluding carboxylic acids is 1. The number of allylic oxidation sites excluding steroid dienone is 1. The van der Waals surface area contributed by atoms with Crippen molar-refractivity contribution in [1.82, 2.24) is 16.0 Å². The molecule has 2 heterocycles. The lowest BCUT2D eigenvalue weighted by Crippen LogP contribution is -2.49. The zero-order valence-electron chi connectivity index (χ0n) is 22.6. The lowest BCUT2D eigenvalue weighted by Gasteiger charge is -2.39. The van der Waals surface area contributed by atoms with Gasteiger partial charge in [-0.25, -0.2) is 8.78 Å². The molecule has 1 aromatic carbocycles. The number of halogens is 2. The Morgan fingerprint density at radius 3 is 2.61 bits per heavy atom. The van der Waals surface area contributed by atoms with Gasteiger partial charge in [-0.05, 0) is 81.1 Å². The molecule has 1 fully saturated rings. The van der Waals surface area contributed by atoms with Gasteiger partial charge in [-0.2, -0.15) is 0 Å². The second-order valence-corrected chi connectivity index (χ2v) is 9.35. The molecule has 9 N–H and O–H groups in total. The molecular weight excluding hydrogens is 490 g/mol. The van der Waals surface area contributed by atoms with Gasteiger partial charge >= 0.3 is 0 Å². The highest BCUT2D eigenvalue weighted by atomic mass is 19.3. The number of nitrogens with two attached hydrogens (primary N) is 3. The summed E-state index contributed by atoms with van der Waals surface area (Å²) in [4.78, 5) is 14.0. The average Bonchev–Trinajstić information content (AvgIpc) is 2.95. The van der Waals surface area contributed by atoms with E-state index < -0.39 is 12.6 Å². The SMILES string of the molecule is C=O.CN=C/C(=C\N)c1cc2c(cc1C(F)F)N(C(N)/C(CN)=C(/CCNC)NC1CCNCC1)CCC2. The molecule has 1 saturated heterocycles. The molecular formula is C27H44F2N8O. The molecule has 1 unspecified atom stereocenters. The van der Waals surface area contributed by atoms with Gasteiger partial charge in [-0.3, -0.25) is 4.99 Å². The maximum absolute atomic E-state index is 14.2. The Balaban J connectivity index is 0.00000247. The Kier molecular flexibility index (Phi) is 13.4. The van der Waals surface area contributed by atoms with Crippen molar-refractivity contribution in [2.75, 3.05) is 51.7 Å². The predicted octanol–water partition coefficient (Wildman–Crippen LogP) is 1.64. The zero-order valence-corrected chi connectivity index (χ0v) is 22.6. The molecule has 1 aromatic rings. The Morgan fingerprint density at radius 2 is 2.03 bits per heavy atom. The summed E-state index contributed by atoms with van der Waals surface area (Å²) in [5, 5.41) is 10.3. The number of hydrogen-bond acceptors (Lipinski definition) is 9. The van der Waals surface area contributed by atoms with Crippen molar-refractivity contribution in [3.05, 3.63) is 46.3 Å².